The molecule has 0 aliphatic rings. The molecule has 1 unspecified atom stereocenters. The third kappa shape index (κ3) is 14.2. The van der Waals surface area contributed by atoms with E-state index in [0.717, 1.165) is 8.58 Å². The van der Waals surface area contributed by atoms with Gasteiger partial charge < -0.3 is 0 Å². The molecule has 0 heterocycles. The van der Waals surface area contributed by atoms with E-state index in [1.54, 1.807) is 0 Å². The maximum absolute atomic E-state index is 2.41. The molecular formula is C15H31P. The van der Waals surface area contributed by atoms with Gasteiger partial charge >= 0.3 is 0 Å². The molecule has 0 aromatic rings. The van der Waals surface area contributed by atoms with Gasteiger partial charge in [0.1, 0.15) is 0 Å². The summed E-state index contributed by atoms with van der Waals surface area (Å²) in [5, 5.41) is 0. The second kappa shape index (κ2) is 15.2. The van der Waals surface area contributed by atoms with E-state index in [1.165, 1.54) is 70.4 Å². The normalized spacial score (nSPS) is 12.1. The lowest BCUT2D eigenvalue weighted by Gasteiger charge is -1.99. The van der Waals surface area contributed by atoms with Gasteiger partial charge in [-0.1, -0.05) is 85.7 Å². The molecule has 0 saturated heterocycles. The van der Waals surface area contributed by atoms with Gasteiger partial charge in [-0.25, -0.2) is 0 Å². The fraction of sp³-hybridized carbons (Fsp3) is 0.867. The molecule has 0 amide bonds. The van der Waals surface area contributed by atoms with Gasteiger partial charge in [-0.05, 0) is 19.0 Å². The van der Waals surface area contributed by atoms with Crippen LogP contribution in [0.5, 0.6) is 0 Å². The van der Waals surface area contributed by atoms with Crippen molar-refractivity contribution in [2.45, 2.75) is 78.1 Å². The lowest BCUT2D eigenvalue weighted by Crippen LogP contribution is -1.80. The molecule has 0 radical (unpaired) electrons. The number of hydrogen-bond acceptors (Lipinski definition) is 0. The highest BCUT2D eigenvalue weighted by atomic mass is 31.1. The van der Waals surface area contributed by atoms with Gasteiger partial charge in [-0.3, -0.25) is 0 Å². The first kappa shape index (κ1) is 16.2. The van der Waals surface area contributed by atoms with Gasteiger partial charge in [0.05, 0.1) is 0 Å². The van der Waals surface area contributed by atoms with Crippen molar-refractivity contribution in [1.29, 1.82) is 0 Å². The summed E-state index contributed by atoms with van der Waals surface area (Å²) in [5.41, 5.74) is 0. The van der Waals surface area contributed by atoms with E-state index in [9.17, 15) is 0 Å². The maximum Gasteiger partial charge on any atom is -0.0319 e. The topological polar surface area (TPSA) is 0 Å². The van der Waals surface area contributed by atoms with Gasteiger partial charge in [-0.15, -0.1) is 0 Å². The fourth-order valence-corrected chi connectivity index (χ4v) is 2.71. The number of allylic oxidation sites excluding steroid dienone is 1. The summed E-state index contributed by atoms with van der Waals surface area (Å²) in [5.74, 6) is 2.41. The van der Waals surface area contributed by atoms with Crippen LogP contribution in [-0.4, -0.2) is 6.16 Å². The predicted molar refractivity (Wildman–Crippen MR) is 79.8 cm³/mol. The van der Waals surface area contributed by atoms with Crippen molar-refractivity contribution in [3.8, 4) is 0 Å². The Bertz CT molecular complexity index is 140. The van der Waals surface area contributed by atoms with E-state index >= 15 is 0 Å². The Labute approximate surface area is 105 Å². The number of unbranched alkanes of at least 4 members (excludes halogenated alkanes) is 8. The zero-order chi connectivity index (χ0) is 11.9. The quantitative estimate of drug-likeness (QED) is 0.286. The second-order valence-corrected chi connectivity index (χ2v) is 5.86. The van der Waals surface area contributed by atoms with Gasteiger partial charge in [0, 0.05) is 0 Å². The van der Waals surface area contributed by atoms with Crippen LogP contribution in [0.3, 0.4) is 0 Å². The molecule has 96 valence electrons. The first-order valence-corrected chi connectivity index (χ1v) is 8.58. The van der Waals surface area contributed by atoms with Crippen LogP contribution in [-0.2, 0) is 0 Å². The van der Waals surface area contributed by atoms with Crippen LogP contribution in [0, 0.1) is 0 Å². The van der Waals surface area contributed by atoms with Gasteiger partial charge in [-0.2, -0.15) is 0 Å². The smallest absolute Gasteiger partial charge is 0.0319 e. The van der Waals surface area contributed by atoms with Crippen LogP contribution in [0.2, 0.25) is 0 Å². The SMILES string of the molecule is CCCC/C=C/PCCCCCCCCC. The van der Waals surface area contributed by atoms with Gasteiger partial charge in [0.2, 0.25) is 0 Å². The summed E-state index contributed by atoms with van der Waals surface area (Å²) < 4.78 is 0. The standard InChI is InChI=1S/C15H31P/c1-3-5-7-9-10-11-13-15-16-14-12-8-6-4-2/h12,14,16H,3-11,13,15H2,1-2H3/b14-12+. The summed E-state index contributed by atoms with van der Waals surface area (Å²) in [6.45, 7) is 4.54. The first-order chi connectivity index (χ1) is 7.91. The van der Waals surface area contributed by atoms with Gasteiger partial charge in [0.15, 0.2) is 0 Å². The van der Waals surface area contributed by atoms with Crippen molar-refractivity contribution in [3.05, 3.63) is 11.9 Å². The monoisotopic (exact) mass is 242 g/mol. The van der Waals surface area contributed by atoms with Crippen molar-refractivity contribution in [2.75, 3.05) is 6.16 Å². The van der Waals surface area contributed by atoms with Gasteiger partial charge in [0.25, 0.3) is 0 Å². The van der Waals surface area contributed by atoms with Crippen molar-refractivity contribution in [2.24, 2.45) is 0 Å². The zero-order valence-corrected chi connectivity index (χ0v) is 12.4. The van der Waals surface area contributed by atoms with Crippen molar-refractivity contribution >= 4 is 8.58 Å². The Morgan fingerprint density at radius 1 is 0.750 bits per heavy atom. The summed E-state index contributed by atoms with van der Waals surface area (Å²) >= 11 is 0. The van der Waals surface area contributed by atoms with Crippen molar-refractivity contribution in [3.63, 3.8) is 0 Å². The summed E-state index contributed by atoms with van der Waals surface area (Å²) in [6, 6.07) is 0. The Balaban J connectivity index is 2.95. The Kier molecular flexibility index (Phi) is 15.3. The fourth-order valence-electron chi connectivity index (χ4n) is 1.76. The molecular weight excluding hydrogens is 211 g/mol. The minimum atomic E-state index is 1.08. The molecule has 0 nitrogen and oxygen atoms in total. The summed E-state index contributed by atoms with van der Waals surface area (Å²) in [6.07, 6.45) is 17.9. The Morgan fingerprint density at radius 3 is 2.06 bits per heavy atom. The van der Waals surface area contributed by atoms with Crippen molar-refractivity contribution < 1.29 is 0 Å². The van der Waals surface area contributed by atoms with Crippen LogP contribution >= 0.6 is 8.58 Å². The van der Waals surface area contributed by atoms with E-state index in [4.69, 9.17) is 0 Å². The molecule has 0 aromatic heterocycles. The molecule has 0 aromatic carbocycles. The van der Waals surface area contributed by atoms with E-state index in [1.807, 2.05) is 0 Å². The largest absolute Gasteiger partial charge is 0.0987 e. The molecule has 0 aliphatic heterocycles. The molecule has 0 N–H and O–H groups in total. The Hall–Kier alpha value is 0.170. The minimum Gasteiger partial charge on any atom is -0.0987 e. The number of rotatable bonds is 12. The van der Waals surface area contributed by atoms with Crippen LogP contribution in [0.15, 0.2) is 11.9 Å². The molecule has 0 rings (SSSR count). The van der Waals surface area contributed by atoms with E-state index in [2.05, 4.69) is 25.7 Å². The van der Waals surface area contributed by atoms with Crippen LogP contribution in [0.25, 0.3) is 0 Å². The van der Waals surface area contributed by atoms with E-state index in [0.29, 0.717) is 0 Å². The Morgan fingerprint density at radius 2 is 1.38 bits per heavy atom. The van der Waals surface area contributed by atoms with Crippen LogP contribution in [0.4, 0.5) is 0 Å². The predicted octanol–water partition coefficient (Wildman–Crippen LogP) is 6.12. The molecule has 0 fully saturated rings. The molecule has 0 bridgehead atoms. The molecule has 1 atom stereocenters. The average Bonchev–Trinajstić information content (AvgIpc) is 2.31. The lowest BCUT2D eigenvalue weighted by molar-refractivity contribution is 0.603. The summed E-state index contributed by atoms with van der Waals surface area (Å²) in [7, 11) is 1.08. The molecule has 0 saturated carbocycles. The third-order valence-electron chi connectivity index (χ3n) is 2.88. The highest BCUT2D eigenvalue weighted by molar-refractivity contribution is 7.41. The van der Waals surface area contributed by atoms with Crippen LogP contribution in [0.1, 0.15) is 78.1 Å². The summed E-state index contributed by atoms with van der Waals surface area (Å²) in [4.78, 5) is 0. The molecule has 0 aliphatic carbocycles. The molecule has 16 heavy (non-hydrogen) atoms. The minimum absolute atomic E-state index is 1.08. The lowest BCUT2D eigenvalue weighted by atomic mass is 10.1. The second-order valence-electron chi connectivity index (χ2n) is 4.62. The zero-order valence-electron chi connectivity index (χ0n) is 11.4. The number of hydrogen-bond donors (Lipinski definition) is 0. The highest BCUT2D eigenvalue weighted by Gasteiger charge is 1.90. The first-order valence-electron chi connectivity index (χ1n) is 7.30. The van der Waals surface area contributed by atoms with Crippen molar-refractivity contribution in [1.82, 2.24) is 0 Å². The van der Waals surface area contributed by atoms with E-state index in [-0.39, 0.29) is 0 Å². The van der Waals surface area contributed by atoms with Crippen LogP contribution < -0.4 is 0 Å². The highest BCUT2D eigenvalue weighted by Crippen LogP contribution is 2.16. The molecule has 1 heteroatoms. The molecule has 0 spiro atoms. The third-order valence-corrected chi connectivity index (χ3v) is 4.00. The maximum atomic E-state index is 2.41. The average molecular weight is 242 g/mol. The van der Waals surface area contributed by atoms with E-state index < -0.39 is 0 Å².